The Morgan fingerprint density at radius 2 is 1.41 bits per heavy atom. The monoisotopic (exact) mass is 537 g/mol. The van der Waals surface area contributed by atoms with Gasteiger partial charge in [0, 0.05) is 12.1 Å². The summed E-state index contributed by atoms with van der Waals surface area (Å²) >= 11 is 0. The lowest BCUT2D eigenvalue weighted by Gasteiger charge is -2.31. The van der Waals surface area contributed by atoms with Crippen LogP contribution >= 0.6 is 0 Å². The van der Waals surface area contributed by atoms with Crippen molar-refractivity contribution in [1.82, 2.24) is 14.5 Å². The average molecular weight is 538 g/mol. The number of amides is 1. The average Bonchev–Trinajstić information content (AvgIpc) is 3.03. The number of carbonyl (C=O) groups is 1. The molecule has 0 spiro atoms. The summed E-state index contributed by atoms with van der Waals surface area (Å²) in [6.45, 7) is 4.42. The molecule has 0 aliphatic carbocycles. The van der Waals surface area contributed by atoms with Crippen LogP contribution in [0.5, 0.6) is 0 Å². The Bertz CT molecular complexity index is 1900. The molecule has 6 rings (SSSR count). The summed E-state index contributed by atoms with van der Waals surface area (Å²) in [4.78, 5) is 35.3. The summed E-state index contributed by atoms with van der Waals surface area (Å²) in [6.07, 6.45) is 0.902. The van der Waals surface area contributed by atoms with E-state index in [1.807, 2.05) is 127 Å². The minimum atomic E-state index is -0.523. The third-order valence-electron chi connectivity index (χ3n) is 7.72. The summed E-state index contributed by atoms with van der Waals surface area (Å²) in [7, 11) is 0. The zero-order valence-electron chi connectivity index (χ0n) is 23.2. The fraction of sp³-hybridized carbons (Fsp3) is 0.139. The number of fused-ring (bicyclic) bond motifs is 2. The molecule has 5 heteroatoms. The minimum absolute atomic E-state index is 0.117. The molecule has 5 nitrogen and oxygen atoms in total. The van der Waals surface area contributed by atoms with E-state index in [-0.39, 0.29) is 11.5 Å². The Kier molecular flexibility index (Phi) is 7.17. The lowest BCUT2D eigenvalue weighted by atomic mass is 10.0. The first-order chi connectivity index (χ1) is 20.0. The minimum Gasteiger partial charge on any atom is -0.324 e. The van der Waals surface area contributed by atoms with Gasteiger partial charge in [0.1, 0.15) is 5.82 Å². The summed E-state index contributed by atoms with van der Waals surface area (Å²) in [5.74, 6) is 0.399. The molecule has 5 aromatic carbocycles. The first-order valence-corrected chi connectivity index (χ1v) is 14.0. The molecule has 6 aromatic rings. The van der Waals surface area contributed by atoms with Gasteiger partial charge in [-0.3, -0.25) is 14.2 Å². The fourth-order valence-corrected chi connectivity index (χ4v) is 5.43. The van der Waals surface area contributed by atoms with Crippen LogP contribution in [0.3, 0.4) is 0 Å². The van der Waals surface area contributed by atoms with E-state index < -0.39 is 6.04 Å². The van der Waals surface area contributed by atoms with Crippen LogP contribution in [-0.4, -0.2) is 20.4 Å². The predicted octanol–water partition coefficient (Wildman–Crippen LogP) is 7.50. The van der Waals surface area contributed by atoms with Gasteiger partial charge >= 0.3 is 0 Å². The number of rotatable bonds is 7. The molecule has 0 aliphatic rings. The van der Waals surface area contributed by atoms with Crippen LogP contribution in [0.4, 0.5) is 0 Å². The number of para-hydroxylation sites is 1. The standard InChI is InChI=1S/C36H31N3O2/c1-3-26-20-22-29(23-21-26)39-34(37-33-19-10-9-17-32(33)36(39)41)25(2)38(24-27-12-5-4-6-13-27)35(40)31-18-11-15-28-14-7-8-16-30(28)31/h4-23,25H,3,24H2,1-2H3. The molecular weight excluding hydrogens is 506 g/mol. The van der Waals surface area contributed by atoms with Crippen LogP contribution in [0.1, 0.15) is 47.2 Å². The largest absolute Gasteiger partial charge is 0.324 e. The maximum Gasteiger partial charge on any atom is 0.266 e. The van der Waals surface area contributed by atoms with E-state index in [9.17, 15) is 9.59 Å². The molecular formula is C36H31N3O2. The van der Waals surface area contributed by atoms with Gasteiger partial charge in [-0.1, -0.05) is 97.9 Å². The molecule has 202 valence electrons. The fourth-order valence-electron chi connectivity index (χ4n) is 5.43. The molecule has 0 fully saturated rings. The van der Waals surface area contributed by atoms with Gasteiger partial charge < -0.3 is 4.90 Å². The number of hydrogen-bond donors (Lipinski definition) is 0. The summed E-state index contributed by atoms with van der Waals surface area (Å²) in [6, 6.07) is 38.5. The van der Waals surface area contributed by atoms with Gasteiger partial charge in [0.05, 0.1) is 22.6 Å². The number of benzene rings is 5. The van der Waals surface area contributed by atoms with Crippen molar-refractivity contribution in [2.45, 2.75) is 32.9 Å². The Morgan fingerprint density at radius 1 is 0.756 bits per heavy atom. The van der Waals surface area contributed by atoms with Crippen molar-refractivity contribution in [2.24, 2.45) is 0 Å². The van der Waals surface area contributed by atoms with E-state index in [4.69, 9.17) is 4.98 Å². The summed E-state index contributed by atoms with van der Waals surface area (Å²) in [5, 5.41) is 2.43. The van der Waals surface area contributed by atoms with Gasteiger partial charge in [-0.2, -0.15) is 0 Å². The topological polar surface area (TPSA) is 55.2 Å². The van der Waals surface area contributed by atoms with Crippen molar-refractivity contribution in [3.8, 4) is 5.69 Å². The second-order valence-electron chi connectivity index (χ2n) is 10.3. The zero-order chi connectivity index (χ0) is 28.3. The van der Waals surface area contributed by atoms with Gasteiger partial charge in [0.2, 0.25) is 0 Å². The van der Waals surface area contributed by atoms with Crippen LogP contribution in [0, 0.1) is 0 Å². The third-order valence-corrected chi connectivity index (χ3v) is 7.72. The van der Waals surface area contributed by atoms with Crippen LogP contribution in [0.2, 0.25) is 0 Å². The van der Waals surface area contributed by atoms with Crippen molar-refractivity contribution < 1.29 is 4.79 Å². The van der Waals surface area contributed by atoms with Gasteiger partial charge in [-0.05, 0) is 65.6 Å². The number of carbonyl (C=O) groups excluding carboxylic acids is 1. The Hall–Kier alpha value is -5.03. The molecule has 41 heavy (non-hydrogen) atoms. The van der Waals surface area contributed by atoms with Crippen LogP contribution in [-0.2, 0) is 13.0 Å². The molecule has 1 heterocycles. The molecule has 1 aromatic heterocycles. The van der Waals surface area contributed by atoms with Gasteiger partial charge in [0.25, 0.3) is 11.5 Å². The second-order valence-corrected chi connectivity index (χ2v) is 10.3. The van der Waals surface area contributed by atoms with Crippen molar-refractivity contribution >= 4 is 27.6 Å². The molecule has 1 atom stereocenters. The predicted molar refractivity (Wildman–Crippen MR) is 165 cm³/mol. The van der Waals surface area contributed by atoms with Crippen molar-refractivity contribution in [1.29, 1.82) is 0 Å². The maximum atomic E-state index is 14.5. The highest BCUT2D eigenvalue weighted by molar-refractivity contribution is 6.07. The first kappa shape index (κ1) is 26.2. The molecule has 1 amide bonds. The smallest absolute Gasteiger partial charge is 0.266 e. The van der Waals surface area contributed by atoms with Crippen molar-refractivity contribution in [3.63, 3.8) is 0 Å². The highest BCUT2D eigenvalue weighted by Gasteiger charge is 2.28. The zero-order valence-corrected chi connectivity index (χ0v) is 23.2. The third kappa shape index (κ3) is 5.03. The van der Waals surface area contributed by atoms with Crippen molar-refractivity contribution in [2.75, 3.05) is 0 Å². The molecule has 0 N–H and O–H groups in total. The van der Waals surface area contributed by atoms with Crippen LogP contribution in [0.15, 0.2) is 126 Å². The highest BCUT2D eigenvalue weighted by atomic mass is 16.2. The van der Waals surface area contributed by atoms with E-state index in [0.717, 1.165) is 28.4 Å². The van der Waals surface area contributed by atoms with Crippen LogP contribution in [0.25, 0.3) is 27.4 Å². The van der Waals surface area contributed by atoms with E-state index in [1.54, 1.807) is 10.6 Å². The SMILES string of the molecule is CCc1ccc(-n2c(C(C)N(Cc3ccccc3)C(=O)c3cccc4ccccc34)nc3ccccc3c2=O)cc1. The number of nitrogens with zero attached hydrogens (tertiary/aromatic N) is 3. The Balaban J connectivity index is 1.55. The molecule has 1 unspecified atom stereocenters. The number of hydrogen-bond acceptors (Lipinski definition) is 3. The molecule has 0 radical (unpaired) electrons. The van der Waals surface area contributed by atoms with E-state index in [2.05, 4.69) is 6.92 Å². The summed E-state index contributed by atoms with van der Waals surface area (Å²) < 4.78 is 1.67. The van der Waals surface area contributed by atoms with E-state index in [1.165, 1.54) is 5.56 Å². The Morgan fingerprint density at radius 3 is 2.17 bits per heavy atom. The van der Waals surface area contributed by atoms with Gasteiger partial charge in [0.15, 0.2) is 0 Å². The lowest BCUT2D eigenvalue weighted by molar-refractivity contribution is 0.0666. The highest BCUT2D eigenvalue weighted by Crippen LogP contribution is 2.29. The number of aromatic nitrogens is 2. The van der Waals surface area contributed by atoms with Crippen LogP contribution < -0.4 is 5.56 Å². The Labute approximate surface area is 239 Å². The molecule has 0 aliphatic heterocycles. The van der Waals surface area contributed by atoms with Gasteiger partial charge in [-0.25, -0.2) is 4.98 Å². The maximum absolute atomic E-state index is 14.5. The first-order valence-electron chi connectivity index (χ1n) is 14.0. The number of aryl methyl sites for hydroxylation is 1. The second kappa shape index (κ2) is 11.2. The molecule has 0 bridgehead atoms. The summed E-state index contributed by atoms with van der Waals surface area (Å²) in [5.41, 5.74) is 3.98. The lowest BCUT2D eigenvalue weighted by Crippen LogP contribution is -2.37. The quantitative estimate of drug-likeness (QED) is 0.212. The van der Waals surface area contributed by atoms with Crippen molar-refractivity contribution in [3.05, 3.63) is 154 Å². The molecule has 0 saturated carbocycles. The normalized spacial score (nSPS) is 12.0. The van der Waals surface area contributed by atoms with Gasteiger partial charge in [-0.15, -0.1) is 0 Å². The van der Waals surface area contributed by atoms with E-state index in [0.29, 0.717) is 28.8 Å². The van der Waals surface area contributed by atoms with E-state index >= 15 is 0 Å². The molecule has 0 saturated heterocycles.